The van der Waals surface area contributed by atoms with Crippen molar-refractivity contribution >= 4 is 34.7 Å². The molecule has 0 spiro atoms. The minimum Gasteiger partial charge on any atom is -0.490 e. The smallest absolute Gasteiger partial charge is 0.129 e. The van der Waals surface area contributed by atoms with E-state index in [1.165, 1.54) is 0 Å². The average Bonchev–Trinajstić information content (AvgIpc) is 2.41. The van der Waals surface area contributed by atoms with E-state index < -0.39 is 5.54 Å². The Morgan fingerprint density at radius 3 is 2.65 bits per heavy atom. The van der Waals surface area contributed by atoms with Crippen LogP contribution in [0.4, 0.5) is 0 Å². The summed E-state index contributed by atoms with van der Waals surface area (Å²) >= 11 is 7.99. The highest BCUT2D eigenvalue weighted by Gasteiger charge is 2.31. The summed E-state index contributed by atoms with van der Waals surface area (Å²) in [5, 5.41) is 1.14. The molecule has 0 aliphatic heterocycles. The van der Waals surface area contributed by atoms with Gasteiger partial charge in [0.1, 0.15) is 17.0 Å². The van der Waals surface area contributed by atoms with Crippen LogP contribution >= 0.6 is 23.4 Å². The molecular formula is C18H25ClN2OS. The van der Waals surface area contributed by atoms with Crippen molar-refractivity contribution in [1.82, 2.24) is 4.98 Å². The van der Waals surface area contributed by atoms with Gasteiger partial charge in [-0.3, -0.25) is 0 Å². The van der Waals surface area contributed by atoms with E-state index in [4.69, 9.17) is 22.1 Å². The summed E-state index contributed by atoms with van der Waals surface area (Å²) in [5.41, 5.74) is 8.61. The fourth-order valence-electron chi connectivity index (χ4n) is 2.82. The number of nitrogens with zero attached hydrogens (tertiary/aromatic N) is 1. The Hall–Kier alpha value is -0.970. The molecule has 1 aromatic heterocycles. The van der Waals surface area contributed by atoms with Crippen LogP contribution in [0.5, 0.6) is 0 Å². The van der Waals surface area contributed by atoms with Crippen LogP contribution in [0.1, 0.15) is 44.7 Å². The van der Waals surface area contributed by atoms with Crippen molar-refractivity contribution in [3.63, 3.8) is 0 Å². The zero-order valence-corrected chi connectivity index (χ0v) is 15.8. The highest BCUT2D eigenvalue weighted by Crippen LogP contribution is 2.37. The van der Waals surface area contributed by atoms with Crippen LogP contribution in [0.15, 0.2) is 24.9 Å². The highest BCUT2D eigenvalue weighted by atomic mass is 35.5. The molecule has 0 amide bonds. The summed E-state index contributed by atoms with van der Waals surface area (Å²) < 4.78 is 6.03. The fraction of sp³-hybridized carbons (Fsp3) is 0.500. The Morgan fingerprint density at radius 1 is 1.48 bits per heavy atom. The summed E-state index contributed by atoms with van der Waals surface area (Å²) in [4.78, 5) is 4.19. The predicted molar refractivity (Wildman–Crippen MR) is 102 cm³/mol. The quantitative estimate of drug-likeness (QED) is 0.592. The van der Waals surface area contributed by atoms with Gasteiger partial charge in [-0.25, -0.2) is 4.98 Å². The zero-order valence-electron chi connectivity index (χ0n) is 14.2. The maximum atomic E-state index is 6.31. The molecule has 1 heterocycles. The Labute approximate surface area is 148 Å². The van der Waals surface area contributed by atoms with Crippen LogP contribution in [0, 0.1) is 0 Å². The number of hydrogen-bond acceptors (Lipinski definition) is 4. The molecule has 0 aromatic carbocycles. The lowest BCUT2D eigenvalue weighted by Crippen LogP contribution is -2.34. The topological polar surface area (TPSA) is 48.1 Å². The number of ether oxygens (including phenoxy) is 1. The molecule has 1 saturated carbocycles. The van der Waals surface area contributed by atoms with E-state index in [0.29, 0.717) is 16.2 Å². The van der Waals surface area contributed by atoms with Gasteiger partial charge in [-0.15, -0.1) is 0 Å². The van der Waals surface area contributed by atoms with Gasteiger partial charge in [-0.2, -0.15) is 11.8 Å². The van der Waals surface area contributed by atoms with Crippen molar-refractivity contribution in [3.05, 3.63) is 41.2 Å². The SMILES string of the molecule is C=C(OC1CC(SC)C1)c1cnc(Cl)cc1/C(=C\C)C(C)(C)N. The summed E-state index contributed by atoms with van der Waals surface area (Å²) in [6.07, 6.45) is 8.24. The number of thioether (sulfide) groups is 1. The van der Waals surface area contributed by atoms with Crippen molar-refractivity contribution in [2.24, 2.45) is 5.73 Å². The van der Waals surface area contributed by atoms with Gasteiger partial charge in [0.05, 0.1) is 0 Å². The highest BCUT2D eigenvalue weighted by molar-refractivity contribution is 7.99. The molecule has 23 heavy (non-hydrogen) atoms. The van der Waals surface area contributed by atoms with Crippen molar-refractivity contribution in [3.8, 4) is 0 Å². The van der Waals surface area contributed by atoms with Gasteiger partial charge in [0.2, 0.25) is 0 Å². The second kappa shape index (κ2) is 7.29. The number of aromatic nitrogens is 1. The largest absolute Gasteiger partial charge is 0.490 e. The molecular weight excluding hydrogens is 328 g/mol. The van der Waals surface area contributed by atoms with Crippen molar-refractivity contribution in [1.29, 1.82) is 0 Å². The van der Waals surface area contributed by atoms with E-state index in [2.05, 4.69) is 17.8 Å². The van der Waals surface area contributed by atoms with Crippen LogP contribution in [-0.2, 0) is 4.74 Å². The van der Waals surface area contributed by atoms with E-state index in [1.807, 2.05) is 44.7 Å². The van der Waals surface area contributed by atoms with Crippen LogP contribution in [-0.4, -0.2) is 28.1 Å². The lowest BCUT2D eigenvalue weighted by Gasteiger charge is -2.35. The number of rotatable bonds is 6. The molecule has 0 bridgehead atoms. The molecule has 2 rings (SSSR count). The van der Waals surface area contributed by atoms with E-state index in [-0.39, 0.29) is 6.10 Å². The normalized spacial score (nSPS) is 21.7. The zero-order chi connectivity index (χ0) is 17.2. The molecule has 1 aromatic rings. The van der Waals surface area contributed by atoms with Crippen molar-refractivity contribution in [2.75, 3.05) is 6.26 Å². The molecule has 0 unspecified atom stereocenters. The number of nitrogens with two attached hydrogens (primary N) is 1. The molecule has 0 atom stereocenters. The van der Waals surface area contributed by atoms with Gasteiger partial charge in [0.25, 0.3) is 0 Å². The van der Waals surface area contributed by atoms with Crippen LogP contribution in [0.2, 0.25) is 5.15 Å². The Bertz CT molecular complexity index is 616. The van der Waals surface area contributed by atoms with Crippen molar-refractivity contribution in [2.45, 2.75) is 50.5 Å². The second-order valence-electron chi connectivity index (χ2n) is 6.47. The minimum atomic E-state index is -0.491. The molecule has 0 radical (unpaired) electrons. The van der Waals surface area contributed by atoms with Crippen LogP contribution < -0.4 is 5.73 Å². The molecule has 3 nitrogen and oxygen atoms in total. The van der Waals surface area contributed by atoms with E-state index in [9.17, 15) is 0 Å². The van der Waals surface area contributed by atoms with E-state index in [1.54, 1.807) is 6.20 Å². The molecule has 126 valence electrons. The number of hydrogen-bond donors (Lipinski definition) is 1. The maximum absolute atomic E-state index is 6.31. The Morgan fingerprint density at radius 2 is 2.13 bits per heavy atom. The first-order valence-corrected chi connectivity index (χ1v) is 9.43. The third-order valence-electron chi connectivity index (χ3n) is 4.14. The molecule has 2 N–H and O–H groups in total. The fourth-order valence-corrected chi connectivity index (χ4v) is 3.79. The molecule has 0 saturated heterocycles. The summed E-state index contributed by atoms with van der Waals surface area (Å²) in [6.45, 7) is 10.0. The summed E-state index contributed by atoms with van der Waals surface area (Å²) in [6, 6.07) is 1.83. The van der Waals surface area contributed by atoms with E-state index >= 15 is 0 Å². The Kier molecular flexibility index (Phi) is 5.82. The predicted octanol–water partition coefficient (Wildman–Crippen LogP) is 4.76. The Balaban J connectivity index is 2.27. The first kappa shape index (κ1) is 18.4. The van der Waals surface area contributed by atoms with Gasteiger partial charge in [0.15, 0.2) is 0 Å². The third kappa shape index (κ3) is 4.31. The van der Waals surface area contributed by atoms with E-state index in [0.717, 1.165) is 29.5 Å². The standard InChI is InChI=1S/C18H25ClN2OS/c1-6-16(18(3,4)20)14-9-17(19)21-10-15(14)11(2)22-12-7-13(8-12)23-5/h6,9-10,12-13H,2,7-8,20H2,1,3-5H3/b16-6+. The number of pyridine rings is 1. The minimum absolute atomic E-state index is 0.239. The van der Waals surface area contributed by atoms with Crippen molar-refractivity contribution < 1.29 is 4.74 Å². The molecule has 1 aliphatic carbocycles. The number of halogens is 1. The maximum Gasteiger partial charge on any atom is 0.129 e. The number of allylic oxidation sites excluding steroid dienone is 1. The monoisotopic (exact) mass is 352 g/mol. The molecule has 1 fully saturated rings. The summed E-state index contributed by atoms with van der Waals surface area (Å²) in [7, 11) is 0. The average molecular weight is 353 g/mol. The van der Waals surface area contributed by atoms with Gasteiger partial charge in [-0.1, -0.05) is 24.3 Å². The van der Waals surface area contributed by atoms with Gasteiger partial charge >= 0.3 is 0 Å². The van der Waals surface area contributed by atoms with Gasteiger partial charge in [-0.05, 0) is 57.1 Å². The lowest BCUT2D eigenvalue weighted by atomic mass is 9.86. The third-order valence-corrected chi connectivity index (χ3v) is 5.40. The molecule has 5 heteroatoms. The van der Waals surface area contributed by atoms with Gasteiger partial charge < -0.3 is 10.5 Å². The molecule has 1 aliphatic rings. The van der Waals surface area contributed by atoms with Gasteiger partial charge in [0, 0.05) is 22.5 Å². The lowest BCUT2D eigenvalue weighted by molar-refractivity contribution is 0.0974. The first-order chi connectivity index (χ1) is 10.8. The second-order valence-corrected chi connectivity index (χ2v) is 7.99. The summed E-state index contributed by atoms with van der Waals surface area (Å²) in [5.74, 6) is 0.636. The van der Waals surface area contributed by atoms with Crippen LogP contribution in [0.3, 0.4) is 0 Å². The van der Waals surface area contributed by atoms with Crippen LogP contribution in [0.25, 0.3) is 11.3 Å². The first-order valence-electron chi connectivity index (χ1n) is 7.76.